The van der Waals surface area contributed by atoms with Crippen molar-refractivity contribution in [1.82, 2.24) is 4.98 Å². The van der Waals surface area contributed by atoms with E-state index in [0.29, 0.717) is 6.54 Å². The Hall–Kier alpha value is -2.24. The molecule has 0 fully saturated rings. The minimum atomic E-state index is -0.511. The summed E-state index contributed by atoms with van der Waals surface area (Å²) in [5, 5.41) is 10.4. The number of pyridine rings is 1. The van der Waals surface area contributed by atoms with Crippen LogP contribution in [0.4, 0.5) is 11.5 Å². The molecule has 0 amide bonds. The molecule has 0 aromatic carbocycles. The van der Waals surface area contributed by atoms with Gasteiger partial charge in [-0.2, -0.15) is 0 Å². The number of hydrogen-bond donors (Lipinski definition) is 0. The first-order chi connectivity index (χ1) is 7.66. The van der Waals surface area contributed by atoms with E-state index in [2.05, 4.69) is 9.98 Å². The first-order valence-electron chi connectivity index (χ1n) is 4.75. The third-order valence-corrected chi connectivity index (χ3v) is 2.17. The zero-order valence-electron chi connectivity index (χ0n) is 8.70. The summed E-state index contributed by atoms with van der Waals surface area (Å²) < 4.78 is 0. The van der Waals surface area contributed by atoms with Gasteiger partial charge in [-0.3, -0.25) is 4.99 Å². The van der Waals surface area contributed by atoms with E-state index in [9.17, 15) is 10.1 Å². The number of hydrogen-bond acceptors (Lipinski definition) is 5. The predicted octanol–water partition coefficient (Wildman–Crippen LogP) is 1.74. The summed E-state index contributed by atoms with van der Waals surface area (Å²) >= 11 is 0. The highest BCUT2D eigenvalue weighted by molar-refractivity contribution is 5.70. The number of rotatable bonds is 2. The van der Waals surface area contributed by atoms with Gasteiger partial charge in [0.15, 0.2) is 6.20 Å². The molecule has 2 rings (SSSR count). The number of aliphatic imine (C=N–C) groups is 1. The Morgan fingerprint density at radius 2 is 2.31 bits per heavy atom. The van der Waals surface area contributed by atoms with Gasteiger partial charge >= 0.3 is 5.82 Å². The number of nitro groups is 1. The molecule has 6 heteroatoms. The largest absolute Gasteiger partial charge is 0.363 e. The second-order valence-corrected chi connectivity index (χ2v) is 3.37. The van der Waals surface area contributed by atoms with Gasteiger partial charge in [-0.25, -0.2) is 0 Å². The topological polar surface area (TPSA) is 71.6 Å². The zero-order chi connectivity index (χ0) is 11.5. The molecule has 1 aliphatic heterocycles. The van der Waals surface area contributed by atoms with Crippen molar-refractivity contribution in [2.24, 2.45) is 4.99 Å². The molecule has 1 aromatic rings. The third kappa shape index (κ3) is 2.05. The maximum atomic E-state index is 10.4. The minimum absolute atomic E-state index is 0.143. The fourth-order valence-corrected chi connectivity index (χ4v) is 1.42. The smallest absolute Gasteiger partial charge is 0.358 e. The van der Waals surface area contributed by atoms with Crippen LogP contribution in [0.1, 0.15) is 6.92 Å². The van der Waals surface area contributed by atoms with Gasteiger partial charge in [-0.05, 0) is 22.9 Å². The quantitative estimate of drug-likeness (QED) is 0.560. The highest BCUT2D eigenvalue weighted by atomic mass is 16.6. The molecular weight excluding hydrogens is 208 g/mol. The van der Waals surface area contributed by atoms with Crippen molar-refractivity contribution >= 4 is 17.7 Å². The van der Waals surface area contributed by atoms with Gasteiger partial charge in [-0.15, -0.1) is 0 Å². The predicted molar refractivity (Wildman–Crippen MR) is 60.5 cm³/mol. The number of aromatic nitrogens is 1. The number of anilines is 1. The van der Waals surface area contributed by atoms with Crippen molar-refractivity contribution in [2.45, 2.75) is 6.92 Å². The number of nitrogens with zero attached hydrogens (tertiary/aromatic N) is 4. The fourth-order valence-electron chi connectivity index (χ4n) is 1.42. The van der Waals surface area contributed by atoms with E-state index in [0.717, 1.165) is 11.4 Å². The average molecular weight is 218 g/mol. The Kier molecular flexibility index (Phi) is 2.63. The Bertz CT molecular complexity index is 464. The Balaban J connectivity index is 2.22. The maximum Gasteiger partial charge on any atom is 0.363 e. The van der Waals surface area contributed by atoms with Gasteiger partial charge in [-0.1, -0.05) is 0 Å². The van der Waals surface area contributed by atoms with Crippen LogP contribution in [0, 0.1) is 10.1 Å². The monoisotopic (exact) mass is 218 g/mol. The van der Waals surface area contributed by atoms with Crippen LogP contribution in [0.15, 0.2) is 35.2 Å². The van der Waals surface area contributed by atoms with Crippen molar-refractivity contribution in [3.63, 3.8) is 0 Å². The van der Waals surface area contributed by atoms with E-state index in [1.54, 1.807) is 12.3 Å². The summed E-state index contributed by atoms with van der Waals surface area (Å²) in [4.78, 5) is 19.7. The molecule has 1 aliphatic rings. The molecule has 0 aliphatic carbocycles. The second-order valence-electron chi connectivity index (χ2n) is 3.37. The van der Waals surface area contributed by atoms with E-state index >= 15 is 0 Å². The summed E-state index contributed by atoms with van der Waals surface area (Å²) in [5.74, 6) is -0.143. The summed E-state index contributed by atoms with van der Waals surface area (Å²) in [6.45, 7) is 2.54. The van der Waals surface area contributed by atoms with Gasteiger partial charge in [0.05, 0.1) is 17.9 Å². The van der Waals surface area contributed by atoms with Crippen LogP contribution in [0.3, 0.4) is 0 Å². The van der Waals surface area contributed by atoms with Crippen LogP contribution >= 0.6 is 0 Å². The molecule has 82 valence electrons. The molecule has 6 nitrogen and oxygen atoms in total. The lowest BCUT2D eigenvalue weighted by Gasteiger charge is -2.20. The zero-order valence-corrected chi connectivity index (χ0v) is 8.70. The number of allylic oxidation sites excluding steroid dienone is 1. The van der Waals surface area contributed by atoms with Crippen molar-refractivity contribution < 1.29 is 4.92 Å². The molecule has 0 spiro atoms. The first-order valence-corrected chi connectivity index (χ1v) is 4.75. The third-order valence-electron chi connectivity index (χ3n) is 2.17. The van der Waals surface area contributed by atoms with Crippen molar-refractivity contribution in [1.29, 1.82) is 0 Å². The molecule has 2 heterocycles. The molecule has 0 bridgehead atoms. The minimum Gasteiger partial charge on any atom is -0.358 e. The molecule has 16 heavy (non-hydrogen) atoms. The van der Waals surface area contributed by atoms with Gasteiger partial charge in [0.2, 0.25) is 0 Å². The highest BCUT2D eigenvalue weighted by Crippen LogP contribution is 2.18. The lowest BCUT2D eigenvalue weighted by atomic mass is 10.3. The van der Waals surface area contributed by atoms with Gasteiger partial charge in [0.1, 0.15) is 0 Å². The lowest BCUT2D eigenvalue weighted by molar-refractivity contribution is -0.389. The molecule has 0 N–H and O–H groups in total. The van der Waals surface area contributed by atoms with E-state index in [-0.39, 0.29) is 5.82 Å². The molecular formula is C10H10N4O2. The summed E-state index contributed by atoms with van der Waals surface area (Å²) in [6, 6.07) is 3.07. The summed E-state index contributed by atoms with van der Waals surface area (Å²) in [7, 11) is 0. The summed E-state index contributed by atoms with van der Waals surface area (Å²) in [6.07, 6.45) is 5.15. The van der Waals surface area contributed by atoms with Crippen LogP contribution in [0.25, 0.3) is 0 Å². The molecule has 0 radical (unpaired) electrons. The van der Waals surface area contributed by atoms with Crippen molar-refractivity contribution in [3.05, 3.63) is 40.3 Å². The molecule has 0 saturated heterocycles. The van der Waals surface area contributed by atoms with Gasteiger partial charge in [0.25, 0.3) is 0 Å². The Labute approximate surface area is 92.1 Å². The standard InChI is InChI=1S/C10H10N4O2/c1-8-7-13(5-4-11-8)9-2-3-10(12-6-9)14(15)16/h2-4,6-7H,5H2,1H3. The molecule has 0 atom stereocenters. The van der Waals surface area contributed by atoms with Crippen LogP contribution in [-0.2, 0) is 0 Å². The lowest BCUT2D eigenvalue weighted by Crippen LogP contribution is -2.21. The van der Waals surface area contributed by atoms with Crippen molar-refractivity contribution in [3.8, 4) is 0 Å². The maximum absolute atomic E-state index is 10.4. The van der Waals surface area contributed by atoms with Gasteiger partial charge < -0.3 is 15.0 Å². The SMILES string of the molecule is CC1=CN(c2ccc([N+](=O)[O-])nc2)CC=N1. The van der Waals surface area contributed by atoms with E-state index < -0.39 is 4.92 Å². The van der Waals surface area contributed by atoms with Crippen LogP contribution in [0.5, 0.6) is 0 Å². The van der Waals surface area contributed by atoms with E-state index in [1.807, 2.05) is 18.0 Å². The van der Waals surface area contributed by atoms with Crippen molar-refractivity contribution in [2.75, 3.05) is 11.4 Å². The Morgan fingerprint density at radius 1 is 1.50 bits per heavy atom. The summed E-state index contributed by atoms with van der Waals surface area (Å²) in [5.41, 5.74) is 1.71. The second kappa shape index (κ2) is 4.09. The molecule has 0 unspecified atom stereocenters. The van der Waals surface area contributed by atoms with E-state index in [4.69, 9.17) is 0 Å². The molecule has 0 saturated carbocycles. The van der Waals surface area contributed by atoms with Gasteiger partial charge in [0, 0.05) is 18.5 Å². The highest BCUT2D eigenvalue weighted by Gasteiger charge is 2.11. The van der Waals surface area contributed by atoms with Crippen LogP contribution in [-0.4, -0.2) is 22.7 Å². The first kappa shape index (κ1) is 10.3. The normalized spacial score (nSPS) is 14.8. The average Bonchev–Trinajstić information content (AvgIpc) is 2.29. The van der Waals surface area contributed by atoms with E-state index in [1.165, 1.54) is 12.3 Å². The van der Waals surface area contributed by atoms with Crippen LogP contribution < -0.4 is 4.90 Å². The van der Waals surface area contributed by atoms with Crippen LogP contribution in [0.2, 0.25) is 0 Å². The molecule has 1 aromatic heterocycles. The fraction of sp³-hybridized carbons (Fsp3) is 0.200. The Morgan fingerprint density at radius 3 is 2.88 bits per heavy atom.